The van der Waals surface area contributed by atoms with Crippen LogP contribution < -0.4 is 16.0 Å². The third kappa shape index (κ3) is 7.73. The second kappa shape index (κ2) is 11.5. The predicted octanol–water partition coefficient (Wildman–Crippen LogP) is -0.314. The third-order valence-corrected chi connectivity index (χ3v) is 4.50. The Balaban J connectivity index is 2.22. The van der Waals surface area contributed by atoms with Gasteiger partial charge in [-0.3, -0.25) is 14.4 Å². The van der Waals surface area contributed by atoms with Crippen LogP contribution in [0.1, 0.15) is 18.1 Å². The van der Waals surface area contributed by atoms with Crippen molar-refractivity contribution < 1.29 is 34.5 Å². The first-order chi connectivity index (χ1) is 15.2. The minimum Gasteiger partial charge on any atom is -0.508 e. The molecule has 0 bridgehead atoms. The average Bonchev–Trinajstić information content (AvgIpc) is 2.74. The Labute approximate surface area is 184 Å². The zero-order valence-electron chi connectivity index (χ0n) is 17.3. The molecule has 2 aromatic carbocycles. The van der Waals surface area contributed by atoms with Crippen molar-refractivity contribution in [3.63, 3.8) is 0 Å². The molecule has 1 unspecified atom stereocenters. The summed E-state index contributed by atoms with van der Waals surface area (Å²) in [6.07, 6.45) is -2.04. The van der Waals surface area contributed by atoms with Gasteiger partial charge in [0.2, 0.25) is 23.9 Å². The molecule has 0 aliphatic heterocycles. The molecule has 6 N–H and O–H groups in total. The number of rotatable bonds is 10. The minimum absolute atomic E-state index is 0.00803. The monoisotopic (exact) mass is 443 g/mol. The van der Waals surface area contributed by atoms with Gasteiger partial charge in [-0.1, -0.05) is 42.5 Å². The normalized spacial score (nSPS) is 13.3. The summed E-state index contributed by atoms with van der Waals surface area (Å²) >= 11 is 0. The van der Waals surface area contributed by atoms with Gasteiger partial charge < -0.3 is 31.3 Å². The number of phenolic OH excluding ortho intramolecular Hbond substituents is 1. The summed E-state index contributed by atoms with van der Waals surface area (Å²) in [6.45, 7) is 1.26. The fourth-order valence-corrected chi connectivity index (χ4v) is 2.95. The number of hydrogen-bond acceptors (Lipinski definition) is 6. The van der Waals surface area contributed by atoms with Crippen LogP contribution in [-0.2, 0) is 32.0 Å². The largest absolute Gasteiger partial charge is 0.508 e. The van der Waals surface area contributed by atoms with E-state index in [-0.39, 0.29) is 18.6 Å². The smallest absolute Gasteiger partial charge is 0.353 e. The SMILES string of the molecule is CC(=O)N[C@@H](Cc1ccccc1)C(=O)N[C@@H](Cc1ccc(O)cc1)C(=O)NC(O)C(=O)O. The van der Waals surface area contributed by atoms with Gasteiger partial charge in [-0.15, -0.1) is 0 Å². The van der Waals surface area contributed by atoms with Gasteiger partial charge in [0.1, 0.15) is 17.8 Å². The van der Waals surface area contributed by atoms with Gasteiger partial charge in [0.05, 0.1) is 0 Å². The molecule has 0 fully saturated rings. The van der Waals surface area contributed by atoms with Crippen LogP contribution in [0.3, 0.4) is 0 Å². The van der Waals surface area contributed by atoms with Crippen molar-refractivity contribution in [2.75, 3.05) is 0 Å². The van der Waals surface area contributed by atoms with Crippen LogP contribution in [0.5, 0.6) is 5.75 Å². The maximum atomic E-state index is 12.9. The van der Waals surface area contributed by atoms with E-state index in [1.807, 2.05) is 11.4 Å². The second-order valence-corrected chi connectivity index (χ2v) is 7.12. The van der Waals surface area contributed by atoms with E-state index < -0.39 is 42.0 Å². The molecule has 3 amide bonds. The topological polar surface area (TPSA) is 165 Å². The third-order valence-electron chi connectivity index (χ3n) is 4.50. The highest BCUT2D eigenvalue weighted by Crippen LogP contribution is 2.12. The van der Waals surface area contributed by atoms with Crippen LogP contribution in [0.4, 0.5) is 0 Å². The highest BCUT2D eigenvalue weighted by atomic mass is 16.4. The predicted molar refractivity (Wildman–Crippen MR) is 113 cm³/mol. The van der Waals surface area contributed by atoms with Crippen molar-refractivity contribution in [2.45, 2.75) is 38.1 Å². The molecule has 10 nitrogen and oxygen atoms in total. The standard InChI is InChI=1S/C22H25N3O7/c1-13(26)23-17(11-14-5-3-2-4-6-14)19(28)24-18(20(29)25-21(30)22(31)32)12-15-7-9-16(27)10-8-15/h2-10,17-18,21,27,30H,11-12H2,1H3,(H,23,26)(H,24,28)(H,25,29)(H,31,32)/t17-,18-,21?/m0/s1. The highest BCUT2D eigenvalue weighted by molar-refractivity contribution is 5.93. The minimum atomic E-state index is -2.16. The number of aliphatic hydroxyl groups excluding tert-OH is 1. The lowest BCUT2D eigenvalue weighted by molar-refractivity contribution is -0.151. The Morgan fingerprint density at radius 2 is 1.28 bits per heavy atom. The van der Waals surface area contributed by atoms with Gasteiger partial charge in [-0.25, -0.2) is 4.79 Å². The van der Waals surface area contributed by atoms with Crippen LogP contribution in [-0.4, -0.2) is 57.3 Å². The lowest BCUT2D eigenvalue weighted by atomic mass is 10.0. The van der Waals surface area contributed by atoms with E-state index in [0.717, 1.165) is 5.56 Å². The molecule has 32 heavy (non-hydrogen) atoms. The Kier molecular flexibility index (Phi) is 8.72. The van der Waals surface area contributed by atoms with Gasteiger partial charge in [-0.2, -0.15) is 0 Å². The molecule has 0 spiro atoms. The molecule has 0 saturated heterocycles. The van der Waals surface area contributed by atoms with E-state index in [2.05, 4.69) is 10.6 Å². The van der Waals surface area contributed by atoms with Crippen LogP contribution in [0.2, 0.25) is 0 Å². The number of aliphatic hydroxyl groups is 1. The number of carbonyl (C=O) groups excluding carboxylic acids is 3. The molecular weight excluding hydrogens is 418 g/mol. The van der Waals surface area contributed by atoms with Gasteiger partial charge >= 0.3 is 5.97 Å². The summed E-state index contributed by atoms with van der Waals surface area (Å²) in [5.74, 6) is -3.68. The Hall–Kier alpha value is -3.92. The Bertz CT molecular complexity index is 948. The average molecular weight is 443 g/mol. The van der Waals surface area contributed by atoms with Gasteiger partial charge in [0.15, 0.2) is 0 Å². The Morgan fingerprint density at radius 1 is 0.781 bits per heavy atom. The Morgan fingerprint density at radius 3 is 1.81 bits per heavy atom. The molecule has 170 valence electrons. The molecule has 0 heterocycles. The van der Waals surface area contributed by atoms with Crippen molar-refractivity contribution in [2.24, 2.45) is 0 Å². The number of phenols is 1. The zero-order chi connectivity index (χ0) is 23.7. The quantitative estimate of drug-likeness (QED) is 0.274. The van der Waals surface area contributed by atoms with E-state index in [0.29, 0.717) is 5.56 Å². The molecule has 0 aromatic heterocycles. The number of carboxylic acids is 1. The molecule has 10 heteroatoms. The summed E-state index contributed by atoms with van der Waals surface area (Å²) in [4.78, 5) is 48.0. The van der Waals surface area contributed by atoms with Crippen molar-refractivity contribution in [3.05, 3.63) is 65.7 Å². The maximum Gasteiger partial charge on any atom is 0.353 e. The van der Waals surface area contributed by atoms with Crippen molar-refractivity contribution in [3.8, 4) is 5.75 Å². The summed E-state index contributed by atoms with van der Waals surface area (Å²) in [5, 5.41) is 34.7. The second-order valence-electron chi connectivity index (χ2n) is 7.12. The lowest BCUT2D eigenvalue weighted by Gasteiger charge is -2.23. The van der Waals surface area contributed by atoms with E-state index in [1.54, 1.807) is 24.3 Å². The molecule has 3 atom stereocenters. The number of nitrogens with one attached hydrogen (secondary N) is 3. The first-order valence-electron chi connectivity index (χ1n) is 9.76. The van der Waals surface area contributed by atoms with Gasteiger partial charge in [0.25, 0.3) is 0 Å². The number of carboxylic acid groups (broad SMARTS) is 1. The van der Waals surface area contributed by atoms with Crippen LogP contribution in [0.25, 0.3) is 0 Å². The lowest BCUT2D eigenvalue weighted by Crippen LogP contribution is -2.56. The highest BCUT2D eigenvalue weighted by Gasteiger charge is 2.29. The van der Waals surface area contributed by atoms with Crippen LogP contribution >= 0.6 is 0 Å². The fourth-order valence-electron chi connectivity index (χ4n) is 2.95. The molecule has 2 aromatic rings. The summed E-state index contributed by atoms with van der Waals surface area (Å²) in [5.41, 5.74) is 1.34. The van der Waals surface area contributed by atoms with E-state index in [1.165, 1.54) is 31.2 Å². The van der Waals surface area contributed by atoms with Crippen molar-refractivity contribution in [1.82, 2.24) is 16.0 Å². The number of benzene rings is 2. The zero-order valence-corrected chi connectivity index (χ0v) is 17.3. The molecule has 0 aliphatic rings. The number of aromatic hydroxyl groups is 1. The molecule has 0 aliphatic carbocycles. The first kappa shape index (κ1) is 24.4. The number of hydrogen-bond donors (Lipinski definition) is 6. The summed E-state index contributed by atoms with van der Waals surface area (Å²) in [7, 11) is 0. The van der Waals surface area contributed by atoms with Crippen molar-refractivity contribution in [1.29, 1.82) is 0 Å². The maximum absolute atomic E-state index is 12.9. The van der Waals surface area contributed by atoms with Gasteiger partial charge in [0, 0.05) is 19.8 Å². The van der Waals surface area contributed by atoms with E-state index in [4.69, 9.17) is 5.11 Å². The number of aliphatic carboxylic acids is 1. The fraction of sp³-hybridized carbons (Fsp3) is 0.273. The molecule has 0 radical (unpaired) electrons. The first-order valence-corrected chi connectivity index (χ1v) is 9.76. The molecular formula is C22H25N3O7. The molecule has 2 rings (SSSR count). The summed E-state index contributed by atoms with van der Waals surface area (Å²) < 4.78 is 0. The number of carbonyl (C=O) groups is 4. The molecule has 0 saturated carbocycles. The van der Waals surface area contributed by atoms with Crippen LogP contribution in [0.15, 0.2) is 54.6 Å². The van der Waals surface area contributed by atoms with Crippen molar-refractivity contribution >= 4 is 23.7 Å². The van der Waals surface area contributed by atoms with Gasteiger partial charge in [-0.05, 0) is 23.3 Å². The van der Waals surface area contributed by atoms with Crippen LogP contribution in [0, 0.1) is 0 Å². The summed E-state index contributed by atoms with van der Waals surface area (Å²) in [6, 6.07) is 12.6. The van der Waals surface area contributed by atoms with E-state index in [9.17, 15) is 29.4 Å². The number of amides is 3. The van der Waals surface area contributed by atoms with E-state index >= 15 is 0 Å².